The molecule has 576 valence electrons. The number of aliphatic hydroxyl groups is 2. The highest BCUT2D eigenvalue weighted by Crippen LogP contribution is 2.64. The lowest BCUT2D eigenvalue weighted by atomic mass is 9.44. The number of rotatable bonds is 22. The summed E-state index contributed by atoms with van der Waals surface area (Å²) in [7, 11) is 0. The number of ketones is 1. The molecular formula is C74H88N12O22. The number of hydrogen-bond donors (Lipinski definition) is 10. The van der Waals surface area contributed by atoms with Gasteiger partial charge in [-0.3, -0.25) is 62.4 Å². The Morgan fingerprint density at radius 2 is 1.49 bits per heavy atom. The highest BCUT2D eigenvalue weighted by atomic mass is 16.6. The van der Waals surface area contributed by atoms with Gasteiger partial charge >= 0.3 is 35.8 Å². The molecule has 6 fully saturated rings. The van der Waals surface area contributed by atoms with Crippen molar-refractivity contribution in [1.82, 2.24) is 46.5 Å². The third-order valence-electron chi connectivity index (χ3n) is 22.0. The van der Waals surface area contributed by atoms with Gasteiger partial charge in [0.05, 0.1) is 54.7 Å². The number of esters is 5. The van der Waals surface area contributed by atoms with Crippen LogP contribution in [0.3, 0.4) is 0 Å². The van der Waals surface area contributed by atoms with E-state index in [-0.39, 0.29) is 91.1 Å². The molecule has 7 aliphatic rings. The van der Waals surface area contributed by atoms with E-state index in [2.05, 4.69) is 41.9 Å². The summed E-state index contributed by atoms with van der Waals surface area (Å²) in [5, 5.41) is 58.0. The predicted molar refractivity (Wildman–Crippen MR) is 373 cm³/mol. The third-order valence-corrected chi connectivity index (χ3v) is 22.0. The maximum Gasteiger partial charge on any atom is 0.350 e. The van der Waals surface area contributed by atoms with Gasteiger partial charge in [-0.15, -0.1) is 5.10 Å². The molecule has 34 nitrogen and oxygen atoms in total. The van der Waals surface area contributed by atoms with E-state index in [9.17, 15) is 68.1 Å². The van der Waals surface area contributed by atoms with Crippen LogP contribution in [0.1, 0.15) is 137 Å². The molecule has 4 bridgehead atoms. The number of amides is 6. The first kappa shape index (κ1) is 78.1. The maximum atomic E-state index is 16.0. The number of aliphatic hydroxyl groups excluding tert-OH is 1. The van der Waals surface area contributed by atoms with E-state index in [1.54, 1.807) is 66.7 Å². The number of Topliss-reactive ketones (excluding diaryl/α,β-unsaturated/α-hetero) is 1. The lowest BCUT2D eigenvalue weighted by Crippen LogP contribution is -2.82. The van der Waals surface area contributed by atoms with E-state index < -0.39 is 216 Å². The Morgan fingerprint density at radius 1 is 0.815 bits per heavy atom. The zero-order valence-electron chi connectivity index (χ0n) is 60.2. The Bertz CT molecular complexity index is 4250. The van der Waals surface area contributed by atoms with Gasteiger partial charge in [0.15, 0.2) is 23.4 Å². The van der Waals surface area contributed by atoms with Crippen molar-refractivity contribution in [3.8, 4) is 0 Å². The highest BCUT2D eigenvalue weighted by Gasteiger charge is 2.78. The van der Waals surface area contributed by atoms with Crippen molar-refractivity contribution in [1.29, 1.82) is 0 Å². The number of nitrogens with zero attached hydrogens (tertiary/aromatic N) is 5. The number of aryl methyl sites for hydroxylation is 1. The van der Waals surface area contributed by atoms with Crippen LogP contribution >= 0.6 is 0 Å². The maximum absolute atomic E-state index is 16.0. The molecule has 17 atom stereocenters. The lowest BCUT2D eigenvalue weighted by Gasteiger charge is -2.67. The average Bonchev–Trinajstić information content (AvgIpc) is 0.707. The molecule has 2 saturated carbocycles. The Kier molecular flexibility index (Phi) is 23.0. The first-order valence-corrected chi connectivity index (χ1v) is 35.6. The van der Waals surface area contributed by atoms with Crippen molar-refractivity contribution in [3.63, 3.8) is 0 Å². The van der Waals surface area contributed by atoms with E-state index in [1.165, 1.54) is 67.7 Å². The van der Waals surface area contributed by atoms with Crippen LogP contribution in [-0.4, -0.2) is 216 Å². The number of piperidine rings is 1. The smallest absolute Gasteiger partial charge is 0.350 e. The molecule has 4 aliphatic heterocycles. The highest BCUT2D eigenvalue weighted by molar-refractivity contribution is 6.00. The first-order chi connectivity index (χ1) is 51.2. The second kappa shape index (κ2) is 31.8. The van der Waals surface area contributed by atoms with Crippen molar-refractivity contribution in [2.75, 3.05) is 19.7 Å². The van der Waals surface area contributed by atoms with Gasteiger partial charge in [0, 0.05) is 75.3 Å². The molecule has 0 radical (unpaired) electrons. The Hall–Kier alpha value is -11.0. The number of nitrogens with two attached hydrogens (primary N) is 2. The van der Waals surface area contributed by atoms with Crippen molar-refractivity contribution >= 4 is 83.0 Å². The van der Waals surface area contributed by atoms with Gasteiger partial charge in [0.1, 0.15) is 54.1 Å². The van der Waals surface area contributed by atoms with E-state index in [0.717, 1.165) is 13.8 Å². The number of aliphatic imine (C=N–C) groups is 1. The van der Waals surface area contributed by atoms with Crippen LogP contribution in [0.4, 0.5) is 0 Å². The van der Waals surface area contributed by atoms with Crippen LogP contribution in [0.25, 0.3) is 0 Å². The molecule has 0 spiro atoms. The summed E-state index contributed by atoms with van der Waals surface area (Å²) >= 11 is 0. The molecule has 34 heteroatoms. The Labute approximate surface area is 619 Å². The second-order valence-electron chi connectivity index (χ2n) is 29.2. The van der Waals surface area contributed by atoms with Crippen LogP contribution < -0.4 is 38.1 Å². The summed E-state index contributed by atoms with van der Waals surface area (Å²) in [6, 6.07) is 15.7. The number of ether oxygens (including phenoxy) is 6. The SMILES string of the molecule is CC(=O)O[C@H]1C(=O)[C@@]2(C)[C@H]([C@H](OC(=O)c3ccccc3)[C@]3(O)C[C@H](OC(=O)[C@H](OC(=O)CCc4cn(C[C@@H]5C[C@@H]6CC[C@H]7C(=O)N[C@@H](CCCN=C(N)N)C(=O)NCC(=O)N[C@@H](CC(=O)O)C(=O)N[C@H]5C(=O)N67)nn4)[C@@H](NC(=O)c4ccccc4)c4ccccc4)C(C)=C1C3(C)C)[C@]1(OC(C)=O)CO[C@@H]1C[C@@H]2O. The van der Waals surface area contributed by atoms with Crippen LogP contribution in [0.15, 0.2) is 113 Å². The fraction of sp³-hybridized carbons (Fsp3) is 0.514. The van der Waals surface area contributed by atoms with Crippen molar-refractivity contribution in [2.45, 2.75) is 196 Å². The predicted octanol–water partition coefficient (Wildman–Crippen LogP) is 0.00290. The molecule has 5 heterocycles. The summed E-state index contributed by atoms with van der Waals surface area (Å²) in [6.45, 7) is 6.76. The van der Waals surface area contributed by atoms with Crippen LogP contribution in [-0.2, 0) is 94.1 Å². The van der Waals surface area contributed by atoms with Crippen molar-refractivity contribution in [3.05, 3.63) is 131 Å². The van der Waals surface area contributed by atoms with E-state index in [4.69, 9.17) is 39.9 Å². The number of aromatic nitrogens is 3. The molecule has 1 aromatic heterocycles. The first-order valence-electron chi connectivity index (χ1n) is 35.6. The molecule has 3 aliphatic carbocycles. The van der Waals surface area contributed by atoms with Crippen LogP contribution in [0, 0.1) is 22.7 Å². The molecule has 4 aromatic rings. The molecule has 11 rings (SSSR count). The molecule has 6 amide bonds. The number of carboxylic acids is 1. The number of carboxylic acid groups (broad SMARTS) is 1. The van der Waals surface area contributed by atoms with Gasteiger partial charge in [0.25, 0.3) is 5.91 Å². The van der Waals surface area contributed by atoms with Gasteiger partial charge in [0.2, 0.25) is 35.6 Å². The Balaban J connectivity index is 0.907. The summed E-state index contributed by atoms with van der Waals surface area (Å²) in [6.07, 6.45) is -11.1. The van der Waals surface area contributed by atoms with Gasteiger partial charge in [-0.2, -0.15) is 0 Å². The zero-order chi connectivity index (χ0) is 77.9. The number of nitrogens with one attached hydrogen (secondary N) is 5. The lowest BCUT2D eigenvalue weighted by molar-refractivity contribution is -0.346. The van der Waals surface area contributed by atoms with Crippen molar-refractivity contribution in [2.24, 2.45) is 39.1 Å². The average molecular weight is 1500 g/mol. The van der Waals surface area contributed by atoms with Crippen molar-refractivity contribution < 1.29 is 106 Å². The minimum atomic E-state index is -2.59. The summed E-state index contributed by atoms with van der Waals surface area (Å²) < 4.78 is 38.7. The summed E-state index contributed by atoms with van der Waals surface area (Å²) in [4.78, 5) is 190. The second-order valence-corrected chi connectivity index (χ2v) is 29.2. The summed E-state index contributed by atoms with van der Waals surface area (Å²) in [5.74, 6) is -15.4. The number of carbonyl (C=O) groups excluding carboxylic acids is 12. The third kappa shape index (κ3) is 15.7. The number of fused-ring (bicyclic) bond motifs is 6. The quantitative estimate of drug-likeness (QED) is 0.0124. The number of hydrogen-bond acceptors (Lipinski definition) is 24. The standard InChI is InChI=1S/C74H88N12O22/c1-37-49(32-74(102)62(107-68(100)42-21-14-9-15-22-42)60-72(6,50(89)31-51-73(60,36-103-51)108-39(3)88)61(94)58(104-38(2)87)55(37)71(74,4)5)105-69(101)59(56(40-17-10-7-11-18-40)81-63(95)41-19-12-8-13-20-41)106-54(93)27-24-44-35-85(84-83-44)34-43-29-45-25-26-48-66(98)80-46(23-16-28-77-70(75)76)64(96)78-33-52(90)79-47(30-53(91)92)65(97)82-57(43)67(99)86(45)48/h7-15,17-22,35,43,45-51,56-60,62,89,102H,16,23-34,36H2,1-6H3,(H,78,96)(H,79,90)(H,80,98)(H,81,95)(H,82,97)(H,91,92)(H4,75,76,77)/t43-,45-,46-,47-,48-,49-,50-,51+,56-,57+,58+,59+,60-,62-,72+,73-,74+/m0/s1. The van der Waals surface area contributed by atoms with Crippen LogP contribution in [0.2, 0.25) is 0 Å². The molecule has 3 aromatic carbocycles. The normalized spacial score (nSPS) is 29.9. The van der Waals surface area contributed by atoms with E-state index in [0.29, 0.717) is 6.42 Å². The summed E-state index contributed by atoms with van der Waals surface area (Å²) in [5.41, 5.74) is 2.82. The molecule has 0 unspecified atom stereocenters. The molecular weight excluding hydrogens is 1410 g/mol. The van der Waals surface area contributed by atoms with Gasteiger partial charge in [-0.25, -0.2) is 9.59 Å². The Morgan fingerprint density at radius 3 is 2.13 bits per heavy atom. The minimum Gasteiger partial charge on any atom is -0.481 e. The van der Waals surface area contributed by atoms with Gasteiger partial charge < -0.3 is 86.7 Å². The fourth-order valence-electron chi connectivity index (χ4n) is 16.6. The van der Waals surface area contributed by atoms with E-state index in [1.807, 2.05) is 0 Å². The fourth-order valence-corrected chi connectivity index (χ4v) is 16.6. The monoisotopic (exact) mass is 1500 g/mol. The number of guanidine groups is 1. The number of carbonyl (C=O) groups is 13. The minimum absolute atomic E-state index is 0.000668. The van der Waals surface area contributed by atoms with Crippen LogP contribution in [0.5, 0.6) is 0 Å². The van der Waals surface area contributed by atoms with Gasteiger partial charge in [-0.05, 0) is 86.9 Å². The zero-order valence-corrected chi connectivity index (χ0v) is 60.2. The number of aliphatic carboxylic acids is 1. The van der Waals surface area contributed by atoms with Gasteiger partial charge in [-0.1, -0.05) is 85.8 Å². The molecule has 4 saturated heterocycles. The van der Waals surface area contributed by atoms with E-state index >= 15 is 9.59 Å². The number of benzene rings is 3. The molecule has 12 N–H and O–H groups in total. The largest absolute Gasteiger partial charge is 0.481 e. The topological polar surface area (TPSA) is 496 Å². The molecule has 108 heavy (non-hydrogen) atoms.